The Labute approximate surface area is 93.8 Å². The van der Waals surface area contributed by atoms with Crippen LogP contribution in [0.1, 0.15) is 17.5 Å². The van der Waals surface area contributed by atoms with E-state index < -0.39 is 3.79 Å². The Bertz CT molecular complexity index is 276. The van der Waals surface area contributed by atoms with E-state index in [0.717, 1.165) is 24.0 Å². The molecule has 1 aromatic rings. The molecule has 0 saturated heterocycles. The minimum absolute atomic E-state index is 0.753. The molecule has 0 nitrogen and oxygen atoms in total. The van der Waals surface area contributed by atoms with Crippen LogP contribution in [0.3, 0.4) is 0 Å². The molecule has 13 heavy (non-hydrogen) atoms. The first-order chi connectivity index (χ1) is 6.05. The second-order valence-corrected chi connectivity index (χ2v) is 5.04. The van der Waals surface area contributed by atoms with E-state index in [1.165, 1.54) is 0 Å². The van der Waals surface area contributed by atoms with Crippen LogP contribution >= 0.6 is 34.8 Å². The van der Waals surface area contributed by atoms with Crippen LogP contribution < -0.4 is 0 Å². The average Bonchev–Trinajstić information content (AvgIpc) is 2.04. The van der Waals surface area contributed by atoms with Gasteiger partial charge in [0.05, 0.1) is 0 Å². The fourth-order valence-corrected chi connectivity index (χ4v) is 1.76. The van der Waals surface area contributed by atoms with Gasteiger partial charge in [-0.15, -0.1) is 0 Å². The highest BCUT2D eigenvalue weighted by Crippen LogP contribution is 2.40. The van der Waals surface area contributed by atoms with Crippen LogP contribution in [-0.4, -0.2) is 0 Å². The van der Waals surface area contributed by atoms with Crippen molar-refractivity contribution >= 4 is 34.8 Å². The Balaban J connectivity index is 3.05. The summed E-state index contributed by atoms with van der Waals surface area (Å²) in [5.41, 5.74) is 1.81. The normalized spacial score (nSPS) is 11.7. The summed E-state index contributed by atoms with van der Waals surface area (Å²) in [6.45, 7) is 3.77. The van der Waals surface area contributed by atoms with Crippen molar-refractivity contribution in [3.8, 4) is 0 Å². The van der Waals surface area contributed by atoms with E-state index in [2.05, 4.69) is 6.92 Å². The topological polar surface area (TPSA) is 0 Å². The first-order valence-corrected chi connectivity index (χ1v) is 5.13. The van der Waals surface area contributed by atoms with Crippen LogP contribution in [0.25, 0.3) is 0 Å². The van der Waals surface area contributed by atoms with Gasteiger partial charge in [-0.25, -0.2) is 0 Å². The van der Waals surface area contributed by atoms with E-state index in [1.807, 2.05) is 24.3 Å². The molecule has 0 aliphatic heterocycles. The summed E-state index contributed by atoms with van der Waals surface area (Å²) < 4.78 is -1.33. The molecule has 0 N–H and O–H groups in total. The number of halogens is 3. The zero-order chi connectivity index (χ0) is 9.90. The highest BCUT2D eigenvalue weighted by Gasteiger charge is 2.24. The molecule has 3 heteroatoms. The Morgan fingerprint density at radius 3 is 2.31 bits per heavy atom. The Kier molecular flexibility index (Phi) is 3.90. The van der Waals surface area contributed by atoms with Gasteiger partial charge in [-0.2, -0.15) is 0 Å². The highest BCUT2D eigenvalue weighted by atomic mass is 35.6. The van der Waals surface area contributed by atoms with Crippen LogP contribution in [0.4, 0.5) is 0 Å². The zero-order valence-electron chi connectivity index (χ0n) is 7.06. The molecule has 0 aromatic heterocycles. The molecular formula is C10H10Cl3. The van der Waals surface area contributed by atoms with Crippen molar-refractivity contribution in [3.63, 3.8) is 0 Å². The molecule has 0 fully saturated rings. The summed E-state index contributed by atoms with van der Waals surface area (Å²) in [6, 6.07) is 7.59. The lowest BCUT2D eigenvalue weighted by Crippen LogP contribution is -2.04. The Hall–Kier alpha value is 0.0900. The van der Waals surface area contributed by atoms with Gasteiger partial charge in [-0.3, -0.25) is 0 Å². The van der Waals surface area contributed by atoms with Crippen LogP contribution in [-0.2, 0) is 10.2 Å². The zero-order valence-corrected chi connectivity index (χ0v) is 9.33. The minimum Gasteiger partial charge on any atom is -0.0784 e. The number of aryl methyl sites for hydroxylation is 1. The SMILES string of the molecule is [CH2]CCc1ccccc1C(Cl)(Cl)Cl. The second-order valence-electron chi connectivity index (χ2n) is 2.76. The highest BCUT2D eigenvalue weighted by molar-refractivity contribution is 6.66. The minimum atomic E-state index is -1.33. The van der Waals surface area contributed by atoms with Crippen LogP contribution in [0.15, 0.2) is 24.3 Å². The smallest absolute Gasteiger partial charge is 0.0784 e. The molecule has 1 rings (SSSR count). The third-order valence-electron chi connectivity index (χ3n) is 1.77. The van der Waals surface area contributed by atoms with Crippen LogP contribution in [0.2, 0.25) is 0 Å². The van der Waals surface area contributed by atoms with E-state index in [1.54, 1.807) is 0 Å². The van der Waals surface area contributed by atoms with Gasteiger partial charge in [0.1, 0.15) is 0 Å². The first-order valence-electron chi connectivity index (χ1n) is 4.00. The largest absolute Gasteiger partial charge is 0.216 e. The molecule has 1 radical (unpaired) electrons. The molecule has 71 valence electrons. The van der Waals surface area contributed by atoms with Crippen molar-refractivity contribution < 1.29 is 0 Å². The maximum absolute atomic E-state index is 5.81. The van der Waals surface area contributed by atoms with Crippen molar-refractivity contribution in [1.29, 1.82) is 0 Å². The maximum Gasteiger partial charge on any atom is 0.216 e. The van der Waals surface area contributed by atoms with Crippen LogP contribution in [0.5, 0.6) is 0 Å². The fourth-order valence-electron chi connectivity index (χ4n) is 1.21. The van der Waals surface area contributed by atoms with E-state index in [-0.39, 0.29) is 0 Å². The first kappa shape index (κ1) is 11.2. The molecule has 0 spiro atoms. The molecule has 0 aliphatic carbocycles. The quantitative estimate of drug-likeness (QED) is 0.673. The number of rotatable bonds is 2. The van der Waals surface area contributed by atoms with Crippen molar-refractivity contribution in [3.05, 3.63) is 42.3 Å². The molecule has 0 amide bonds. The van der Waals surface area contributed by atoms with Crippen molar-refractivity contribution in [2.45, 2.75) is 16.6 Å². The standard InChI is InChI=1S/C10H10Cl3/c1-2-5-8-6-3-4-7-9(8)10(11,12)13/h3-4,6-7H,1-2,5H2. The van der Waals surface area contributed by atoms with Crippen molar-refractivity contribution in [2.24, 2.45) is 0 Å². The summed E-state index contributed by atoms with van der Waals surface area (Å²) in [5, 5.41) is 0. The lowest BCUT2D eigenvalue weighted by molar-refractivity contribution is 0.968. The second kappa shape index (κ2) is 4.54. The third kappa shape index (κ3) is 3.05. The monoisotopic (exact) mass is 235 g/mol. The summed E-state index contributed by atoms with van der Waals surface area (Å²) in [4.78, 5) is 0. The number of hydrogen-bond donors (Lipinski definition) is 0. The number of hydrogen-bond acceptors (Lipinski definition) is 0. The fraction of sp³-hybridized carbons (Fsp3) is 0.300. The predicted octanol–water partition coefficient (Wildman–Crippen LogP) is 4.28. The maximum atomic E-state index is 5.81. The number of benzene rings is 1. The molecule has 0 bridgehead atoms. The lowest BCUT2D eigenvalue weighted by Gasteiger charge is -2.15. The summed E-state index contributed by atoms with van der Waals surface area (Å²) >= 11 is 17.4. The van der Waals surface area contributed by atoms with E-state index in [4.69, 9.17) is 34.8 Å². The summed E-state index contributed by atoms with van der Waals surface area (Å²) in [6.07, 6.45) is 1.64. The molecule has 0 atom stereocenters. The van der Waals surface area contributed by atoms with Gasteiger partial charge in [0, 0.05) is 5.56 Å². The molecule has 0 unspecified atom stereocenters. The molecule has 0 aliphatic rings. The molecule has 0 heterocycles. The van der Waals surface area contributed by atoms with Gasteiger partial charge in [0.2, 0.25) is 3.79 Å². The van der Waals surface area contributed by atoms with E-state index in [0.29, 0.717) is 0 Å². The lowest BCUT2D eigenvalue weighted by atomic mass is 10.0. The van der Waals surface area contributed by atoms with Crippen LogP contribution in [0, 0.1) is 6.92 Å². The third-order valence-corrected chi connectivity index (χ3v) is 2.38. The van der Waals surface area contributed by atoms with Crippen molar-refractivity contribution in [2.75, 3.05) is 0 Å². The van der Waals surface area contributed by atoms with Gasteiger partial charge in [-0.05, 0) is 18.4 Å². The van der Waals surface area contributed by atoms with Gasteiger partial charge < -0.3 is 0 Å². The Morgan fingerprint density at radius 2 is 1.77 bits per heavy atom. The summed E-state index contributed by atoms with van der Waals surface area (Å²) in [5.74, 6) is 0. The molecular weight excluding hydrogens is 226 g/mol. The van der Waals surface area contributed by atoms with E-state index >= 15 is 0 Å². The van der Waals surface area contributed by atoms with E-state index in [9.17, 15) is 0 Å². The number of alkyl halides is 3. The summed E-state index contributed by atoms with van der Waals surface area (Å²) in [7, 11) is 0. The van der Waals surface area contributed by atoms with Gasteiger partial charge >= 0.3 is 0 Å². The molecule has 1 aromatic carbocycles. The van der Waals surface area contributed by atoms with Gasteiger partial charge in [0.25, 0.3) is 0 Å². The van der Waals surface area contributed by atoms with Gasteiger partial charge in [0.15, 0.2) is 0 Å². The average molecular weight is 237 g/mol. The molecule has 0 saturated carbocycles. The predicted molar refractivity (Wildman–Crippen MR) is 59.4 cm³/mol. The van der Waals surface area contributed by atoms with Crippen molar-refractivity contribution in [1.82, 2.24) is 0 Å². The van der Waals surface area contributed by atoms with Gasteiger partial charge in [-0.1, -0.05) is 66.0 Å². The Morgan fingerprint density at radius 1 is 1.15 bits per heavy atom.